The lowest BCUT2D eigenvalue weighted by Gasteiger charge is -2.05. The van der Waals surface area contributed by atoms with Crippen LogP contribution < -0.4 is 4.74 Å². The summed E-state index contributed by atoms with van der Waals surface area (Å²) in [4.78, 5) is 24.6. The second-order valence-electron chi connectivity index (χ2n) is 3.57. The van der Waals surface area contributed by atoms with Crippen molar-refractivity contribution >= 4 is 11.7 Å². The molecule has 0 saturated carbocycles. The molecule has 1 N–H and O–H groups in total. The first kappa shape index (κ1) is 12.5. The molecule has 0 aliphatic carbocycles. The molecule has 19 heavy (non-hydrogen) atoms. The average Bonchev–Trinajstić information content (AvgIpc) is 2.39. The fourth-order valence-electron chi connectivity index (χ4n) is 1.39. The summed E-state index contributed by atoms with van der Waals surface area (Å²) in [6.07, 6.45) is 2.51. The molecule has 96 valence electrons. The Hall–Kier alpha value is -2.96. The number of rotatable bonds is 4. The van der Waals surface area contributed by atoms with E-state index in [0.29, 0.717) is 0 Å². The van der Waals surface area contributed by atoms with E-state index in [1.165, 1.54) is 42.7 Å². The second-order valence-corrected chi connectivity index (χ2v) is 3.57. The summed E-state index contributed by atoms with van der Waals surface area (Å²) in [5, 5.41) is 19.4. The number of nitrogens with zero attached hydrogens (tertiary/aromatic N) is 2. The van der Waals surface area contributed by atoms with E-state index in [2.05, 4.69) is 4.98 Å². The lowest BCUT2D eigenvalue weighted by molar-refractivity contribution is -0.384. The highest BCUT2D eigenvalue weighted by Gasteiger charge is 2.09. The quantitative estimate of drug-likeness (QED) is 0.669. The maximum Gasteiger partial charge on any atom is 0.337 e. The molecule has 7 heteroatoms. The van der Waals surface area contributed by atoms with Crippen LogP contribution in [0.25, 0.3) is 0 Å². The predicted octanol–water partition coefficient (Wildman–Crippen LogP) is 2.48. The van der Waals surface area contributed by atoms with E-state index in [9.17, 15) is 14.9 Å². The van der Waals surface area contributed by atoms with Crippen molar-refractivity contribution in [2.45, 2.75) is 0 Å². The molecule has 0 saturated heterocycles. The summed E-state index contributed by atoms with van der Waals surface area (Å²) < 4.78 is 5.33. The third-order valence-corrected chi connectivity index (χ3v) is 2.22. The molecular weight excluding hydrogens is 252 g/mol. The fourth-order valence-corrected chi connectivity index (χ4v) is 1.39. The number of ether oxygens (including phenoxy) is 1. The van der Waals surface area contributed by atoms with Crippen LogP contribution in [0.1, 0.15) is 10.4 Å². The Kier molecular flexibility index (Phi) is 3.37. The van der Waals surface area contributed by atoms with Gasteiger partial charge < -0.3 is 9.84 Å². The van der Waals surface area contributed by atoms with Gasteiger partial charge in [0, 0.05) is 12.3 Å². The number of carboxylic acid groups (broad SMARTS) is 1. The molecular formula is C12H8N2O5. The van der Waals surface area contributed by atoms with Gasteiger partial charge in [-0.25, -0.2) is 4.79 Å². The molecule has 0 radical (unpaired) electrons. The molecule has 0 fully saturated rings. The predicted molar refractivity (Wildman–Crippen MR) is 64.4 cm³/mol. The van der Waals surface area contributed by atoms with Crippen molar-refractivity contribution < 1.29 is 19.6 Å². The van der Waals surface area contributed by atoms with Crippen LogP contribution in [0.5, 0.6) is 11.5 Å². The molecule has 0 spiro atoms. The molecule has 0 atom stereocenters. The van der Waals surface area contributed by atoms with Gasteiger partial charge in [0.25, 0.3) is 5.69 Å². The Bertz CT molecular complexity index is 586. The number of nitro benzene ring substituents is 1. The van der Waals surface area contributed by atoms with Crippen molar-refractivity contribution in [2.75, 3.05) is 0 Å². The van der Waals surface area contributed by atoms with E-state index < -0.39 is 10.9 Å². The molecule has 0 amide bonds. The maximum atomic E-state index is 10.8. The van der Waals surface area contributed by atoms with Crippen LogP contribution in [0.15, 0.2) is 42.7 Å². The van der Waals surface area contributed by atoms with Gasteiger partial charge >= 0.3 is 5.97 Å². The molecule has 1 aromatic heterocycles. The maximum absolute atomic E-state index is 10.8. The fraction of sp³-hybridized carbons (Fsp3) is 0. The molecule has 0 unspecified atom stereocenters. The second kappa shape index (κ2) is 5.13. The smallest absolute Gasteiger partial charge is 0.337 e. The SMILES string of the molecule is O=C(O)c1cncc(Oc2cccc([N+](=O)[O-])c2)c1. The Morgan fingerprint density at radius 1 is 1.26 bits per heavy atom. The van der Waals surface area contributed by atoms with E-state index >= 15 is 0 Å². The summed E-state index contributed by atoms with van der Waals surface area (Å²) in [6, 6.07) is 6.86. The zero-order chi connectivity index (χ0) is 13.8. The van der Waals surface area contributed by atoms with Gasteiger partial charge in [0.1, 0.15) is 11.5 Å². The first-order valence-corrected chi connectivity index (χ1v) is 5.17. The van der Waals surface area contributed by atoms with Crippen LogP contribution in [0, 0.1) is 10.1 Å². The van der Waals surface area contributed by atoms with Gasteiger partial charge in [-0.2, -0.15) is 0 Å². The minimum atomic E-state index is -1.13. The number of aromatic nitrogens is 1. The monoisotopic (exact) mass is 260 g/mol. The number of aromatic carboxylic acids is 1. The Labute approximate surface area is 107 Å². The highest BCUT2D eigenvalue weighted by atomic mass is 16.6. The van der Waals surface area contributed by atoms with Crippen molar-refractivity contribution in [2.24, 2.45) is 0 Å². The van der Waals surface area contributed by atoms with Gasteiger partial charge in [0.15, 0.2) is 0 Å². The number of carboxylic acids is 1. The van der Waals surface area contributed by atoms with Gasteiger partial charge in [-0.1, -0.05) is 6.07 Å². The number of benzene rings is 1. The summed E-state index contributed by atoms with van der Waals surface area (Å²) in [7, 11) is 0. The lowest BCUT2D eigenvalue weighted by Crippen LogP contribution is -1.97. The zero-order valence-corrected chi connectivity index (χ0v) is 9.52. The van der Waals surface area contributed by atoms with E-state index in [0.717, 1.165) is 0 Å². The van der Waals surface area contributed by atoms with Crippen molar-refractivity contribution in [1.82, 2.24) is 4.98 Å². The Morgan fingerprint density at radius 2 is 2.05 bits per heavy atom. The van der Waals surface area contributed by atoms with Gasteiger partial charge in [0.05, 0.1) is 22.7 Å². The third kappa shape index (κ3) is 3.03. The average molecular weight is 260 g/mol. The van der Waals surface area contributed by atoms with Gasteiger partial charge in [-0.3, -0.25) is 15.1 Å². The van der Waals surface area contributed by atoms with Gasteiger partial charge in [0.2, 0.25) is 0 Å². The third-order valence-electron chi connectivity index (χ3n) is 2.22. The van der Waals surface area contributed by atoms with E-state index in [-0.39, 0.29) is 22.7 Å². The number of nitro groups is 1. The van der Waals surface area contributed by atoms with E-state index in [1.807, 2.05) is 0 Å². The molecule has 0 bridgehead atoms. The largest absolute Gasteiger partial charge is 0.478 e. The summed E-state index contributed by atoms with van der Waals surface area (Å²) >= 11 is 0. The topological polar surface area (TPSA) is 103 Å². The van der Waals surface area contributed by atoms with Crippen LogP contribution in [0.2, 0.25) is 0 Å². The number of hydrogen-bond donors (Lipinski definition) is 1. The lowest BCUT2D eigenvalue weighted by atomic mass is 10.3. The summed E-state index contributed by atoms with van der Waals surface area (Å²) in [5.74, 6) is -0.698. The van der Waals surface area contributed by atoms with Crippen molar-refractivity contribution in [3.8, 4) is 11.5 Å². The molecule has 0 aliphatic rings. The molecule has 1 heterocycles. The summed E-state index contributed by atoms with van der Waals surface area (Å²) in [5.41, 5.74) is -0.136. The van der Waals surface area contributed by atoms with Gasteiger partial charge in [-0.15, -0.1) is 0 Å². The van der Waals surface area contributed by atoms with Crippen molar-refractivity contribution in [3.63, 3.8) is 0 Å². The van der Waals surface area contributed by atoms with E-state index in [4.69, 9.17) is 9.84 Å². The summed E-state index contributed by atoms with van der Waals surface area (Å²) in [6.45, 7) is 0. The van der Waals surface area contributed by atoms with Crippen LogP contribution in [0.3, 0.4) is 0 Å². The first-order valence-electron chi connectivity index (χ1n) is 5.17. The zero-order valence-electron chi connectivity index (χ0n) is 9.52. The highest BCUT2D eigenvalue weighted by molar-refractivity contribution is 5.87. The van der Waals surface area contributed by atoms with Crippen LogP contribution >= 0.6 is 0 Å². The van der Waals surface area contributed by atoms with Gasteiger partial charge in [-0.05, 0) is 12.1 Å². The number of non-ortho nitro benzene ring substituents is 1. The molecule has 7 nitrogen and oxygen atoms in total. The number of pyridine rings is 1. The van der Waals surface area contributed by atoms with Crippen LogP contribution in [-0.2, 0) is 0 Å². The standard InChI is InChI=1S/C12H8N2O5/c15-12(16)8-4-11(7-13-6-8)19-10-3-1-2-9(5-10)14(17)18/h1-7H,(H,15,16). The Morgan fingerprint density at radius 3 is 2.74 bits per heavy atom. The normalized spacial score (nSPS) is 9.89. The van der Waals surface area contributed by atoms with Crippen molar-refractivity contribution in [3.05, 3.63) is 58.4 Å². The van der Waals surface area contributed by atoms with Crippen molar-refractivity contribution in [1.29, 1.82) is 0 Å². The van der Waals surface area contributed by atoms with Crippen LogP contribution in [0.4, 0.5) is 5.69 Å². The minimum absolute atomic E-state index is 0.0251. The van der Waals surface area contributed by atoms with E-state index in [1.54, 1.807) is 0 Å². The molecule has 0 aliphatic heterocycles. The van der Waals surface area contributed by atoms with Crippen LogP contribution in [-0.4, -0.2) is 21.0 Å². The number of hydrogen-bond acceptors (Lipinski definition) is 5. The minimum Gasteiger partial charge on any atom is -0.478 e. The first-order chi connectivity index (χ1) is 9.06. The molecule has 2 aromatic rings. The molecule has 2 rings (SSSR count). The number of carbonyl (C=O) groups is 1. The molecule has 1 aromatic carbocycles. The Balaban J connectivity index is 2.26. The highest BCUT2D eigenvalue weighted by Crippen LogP contribution is 2.25.